The van der Waals surface area contributed by atoms with E-state index in [1.807, 2.05) is 26.0 Å². The highest BCUT2D eigenvalue weighted by Gasteiger charge is 2.26. The molecule has 0 atom stereocenters. The molecule has 0 aromatic heterocycles. The second-order valence-electron chi connectivity index (χ2n) is 5.06. The molecule has 0 heterocycles. The van der Waals surface area contributed by atoms with Crippen molar-refractivity contribution in [2.45, 2.75) is 45.6 Å². The largest absolute Gasteiger partial charge is 0.394 e. The molecule has 0 aliphatic rings. The Morgan fingerprint density at radius 2 is 1.80 bits per heavy atom. The maximum atomic E-state index is 11.9. The van der Waals surface area contributed by atoms with E-state index in [0.717, 1.165) is 12.0 Å². The van der Waals surface area contributed by atoms with Crippen LogP contribution in [0.2, 0.25) is 0 Å². The van der Waals surface area contributed by atoms with Gasteiger partial charge >= 0.3 is 0 Å². The Kier molecular flexibility index (Phi) is 6.46. The van der Waals surface area contributed by atoms with E-state index in [9.17, 15) is 9.90 Å². The number of aryl methyl sites for hydroxylation is 1. The summed E-state index contributed by atoms with van der Waals surface area (Å²) in [5.74, 6) is -0.165. The van der Waals surface area contributed by atoms with Crippen LogP contribution in [-0.4, -0.2) is 23.2 Å². The summed E-state index contributed by atoms with van der Waals surface area (Å²) in [6.07, 6.45) is 5.75. The van der Waals surface area contributed by atoms with Gasteiger partial charge < -0.3 is 10.4 Å². The predicted octanol–water partition coefficient (Wildman–Crippen LogP) is 2.93. The molecule has 1 rings (SSSR count). The minimum absolute atomic E-state index is 0.0369. The Bertz CT molecular complexity index is 436. The van der Waals surface area contributed by atoms with Crippen LogP contribution < -0.4 is 5.32 Å². The summed E-state index contributed by atoms with van der Waals surface area (Å²) in [5.41, 5.74) is 1.77. The third-order valence-electron chi connectivity index (χ3n) is 3.86. The maximum Gasteiger partial charge on any atom is 0.244 e. The summed E-state index contributed by atoms with van der Waals surface area (Å²) in [6, 6.07) is 8.13. The second-order valence-corrected chi connectivity index (χ2v) is 5.06. The van der Waals surface area contributed by atoms with Crippen LogP contribution >= 0.6 is 0 Å². The number of hydrogen-bond donors (Lipinski definition) is 2. The first-order chi connectivity index (χ1) is 9.59. The van der Waals surface area contributed by atoms with Crippen LogP contribution in [-0.2, 0) is 11.2 Å². The van der Waals surface area contributed by atoms with Gasteiger partial charge in [-0.25, -0.2) is 0 Å². The zero-order valence-corrected chi connectivity index (χ0v) is 12.6. The van der Waals surface area contributed by atoms with E-state index in [4.69, 9.17) is 0 Å². The van der Waals surface area contributed by atoms with Crippen LogP contribution in [0.15, 0.2) is 30.3 Å². The number of amides is 1. The molecule has 0 aliphatic heterocycles. The van der Waals surface area contributed by atoms with Gasteiger partial charge in [0.2, 0.25) is 5.91 Å². The SMILES string of the molecule is CCc1ccc(C=CC(=O)NC(CC)(CC)CO)cc1. The Morgan fingerprint density at radius 3 is 2.25 bits per heavy atom. The van der Waals surface area contributed by atoms with Gasteiger partial charge in [-0.1, -0.05) is 45.0 Å². The van der Waals surface area contributed by atoms with E-state index in [-0.39, 0.29) is 12.5 Å². The van der Waals surface area contributed by atoms with Gasteiger partial charge in [0, 0.05) is 6.08 Å². The highest BCUT2D eigenvalue weighted by atomic mass is 16.3. The van der Waals surface area contributed by atoms with Gasteiger partial charge in [-0.3, -0.25) is 4.79 Å². The molecule has 0 radical (unpaired) electrons. The van der Waals surface area contributed by atoms with Crippen molar-refractivity contribution in [1.29, 1.82) is 0 Å². The smallest absolute Gasteiger partial charge is 0.244 e. The molecule has 1 aromatic carbocycles. The molecule has 0 bridgehead atoms. The lowest BCUT2D eigenvalue weighted by molar-refractivity contribution is -0.119. The van der Waals surface area contributed by atoms with Crippen LogP contribution in [0.3, 0.4) is 0 Å². The van der Waals surface area contributed by atoms with Crippen molar-refractivity contribution in [3.8, 4) is 0 Å². The molecule has 3 nitrogen and oxygen atoms in total. The first-order valence-corrected chi connectivity index (χ1v) is 7.29. The minimum Gasteiger partial charge on any atom is -0.394 e. The highest BCUT2D eigenvalue weighted by Crippen LogP contribution is 2.14. The normalized spacial score (nSPS) is 11.8. The van der Waals surface area contributed by atoms with Gasteiger partial charge in [0.25, 0.3) is 0 Å². The lowest BCUT2D eigenvalue weighted by Gasteiger charge is -2.30. The number of carbonyl (C=O) groups is 1. The summed E-state index contributed by atoms with van der Waals surface area (Å²) < 4.78 is 0. The quantitative estimate of drug-likeness (QED) is 0.752. The van der Waals surface area contributed by atoms with E-state index < -0.39 is 5.54 Å². The number of rotatable bonds is 7. The minimum atomic E-state index is -0.506. The number of carbonyl (C=O) groups excluding carboxylic acids is 1. The van der Waals surface area contributed by atoms with E-state index >= 15 is 0 Å². The van der Waals surface area contributed by atoms with E-state index in [1.54, 1.807) is 6.08 Å². The third kappa shape index (κ3) is 4.49. The Balaban J connectivity index is 2.67. The molecule has 0 saturated carbocycles. The summed E-state index contributed by atoms with van der Waals surface area (Å²) in [4.78, 5) is 11.9. The van der Waals surface area contributed by atoms with Crippen LogP contribution in [0, 0.1) is 0 Å². The van der Waals surface area contributed by atoms with Gasteiger partial charge in [-0.2, -0.15) is 0 Å². The Labute approximate surface area is 121 Å². The topological polar surface area (TPSA) is 49.3 Å². The molecule has 20 heavy (non-hydrogen) atoms. The standard InChI is InChI=1S/C17H25NO2/c1-4-14-7-9-15(10-8-14)11-12-16(20)18-17(5-2,6-3)13-19/h7-12,19H,4-6,13H2,1-3H3,(H,18,20). The summed E-state index contributed by atoms with van der Waals surface area (Å²) in [7, 11) is 0. The molecular weight excluding hydrogens is 250 g/mol. The maximum absolute atomic E-state index is 11.9. The predicted molar refractivity (Wildman–Crippen MR) is 83.4 cm³/mol. The second kappa shape index (κ2) is 7.85. The van der Waals surface area contributed by atoms with Gasteiger partial charge in [0.1, 0.15) is 0 Å². The van der Waals surface area contributed by atoms with Crippen molar-refractivity contribution < 1.29 is 9.90 Å². The van der Waals surface area contributed by atoms with E-state index in [2.05, 4.69) is 24.4 Å². The molecule has 0 aliphatic carbocycles. The lowest BCUT2D eigenvalue weighted by atomic mass is 9.94. The first kappa shape index (κ1) is 16.4. The summed E-state index contributed by atoms with van der Waals surface area (Å²) in [6.45, 7) is 6.01. The number of hydrogen-bond acceptors (Lipinski definition) is 2. The molecule has 0 fully saturated rings. The van der Waals surface area contributed by atoms with Crippen molar-refractivity contribution in [3.05, 3.63) is 41.5 Å². The van der Waals surface area contributed by atoms with Crippen molar-refractivity contribution in [2.24, 2.45) is 0 Å². The zero-order valence-electron chi connectivity index (χ0n) is 12.6. The lowest BCUT2D eigenvalue weighted by Crippen LogP contribution is -2.49. The van der Waals surface area contributed by atoms with Crippen LogP contribution in [0.4, 0.5) is 0 Å². The number of aliphatic hydroxyl groups is 1. The first-order valence-electron chi connectivity index (χ1n) is 7.29. The number of nitrogens with one attached hydrogen (secondary N) is 1. The molecule has 0 spiro atoms. The van der Waals surface area contributed by atoms with Crippen LogP contribution in [0.5, 0.6) is 0 Å². The Hall–Kier alpha value is -1.61. The fourth-order valence-corrected chi connectivity index (χ4v) is 2.03. The third-order valence-corrected chi connectivity index (χ3v) is 3.86. The van der Waals surface area contributed by atoms with Crippen molar-refractivity contribution in [1.82, 2.24) is 5.32 Å². The molecule has 3 heteroatoms. The molecule has 0 unspecified atom stereocenters. The summed E-state index contributed by atoms with van der Waals surface area (Å²) in [5, 5.41) is 12.3. The van der Waals surface area contributed by atoms with Gasteiger partial charge in [0.15, 0.2) is 0 Å². The van der Waals surface area contributed by atoms with Gasteiger partial charge in [-0.15, -0.1) is 0 Å². The molecule has 1 amide bonds. The average Bonchev–Trinajstić information content (AvgIpc) is 2.51. The highest BCUT2D eigenvalue weighted by molar-refractivity contribution is 5.92. The number of aliphatic hydroxyl groups excluding tert-OH is 1. The average molecular weight is 275 g/mol. The molecule has 2 N–H and O–H groups in total. The fraction of sp³-hybridized carbons (Fsp3) is 0.471. The van der Waals surface area contributed by atoms with Gasteiger partial charge in [-0.05, 0) is 36.5 Å². The van der Waals surface area contributed by atoms with Gasteiger partial charge in [0.05, 0.1) is 12.1 Å². The molecular formula is C17H25NO2. The van der Waals surface area contributed by atoms with Crippen molar-refractivity contribution >= 4 is 12.0 Å². The van der Waals surface area contributed by atoms with E-state index in [1.165, 1.54) is 11.6 Å². The fourth-order valence-electron chi connectivity index (χ4n) is 2.03. The Morgan fingerprint density at radius 1 is 1.20 bits per heavy atom. The zero-order chi connectivity index (χ0) is 15.0. The molecule has 110 valence electrons. The molecule has 0 saturated heterocycles. The molecule has 1 aromatic rings. The van der Waals surface area contributed by atoms with Crippen LogP contribution in [0.25, 0.3) is 6.08 Å². The van der Waals surface area contributed by atoms with Crippen molar-refractivity contribution in [2.75, 3.05) is 6.61 Å². The summed E-state index contributed by atoms with van der Waals surface area (Å²) >= 11 is 0. The van der Waals surface area contributed by atoms with Crippen molar-refractivity contribution in [3.63, 3.8) is 0 Å². The monoisotopic (exact) mass is 275 g/mol. The van der Waals surface area contributed by atoms with Crippen LogP contribution in [0.1, 0.15) is 44.7 Å². The number of benzene rings is 1. The van der Waals surface area contributed by atoms with E-state index in [0.29, 0.717) is 12.8 Å².